The summed E-state index contributed by atoms with van der Waals surface area (Å²) in [7, 11) is 0. The van der Waals surface area contributed by atoms with Gasteiger partial charge in [-0.3, -0.25) is 14.4 Å². The fourth-order valence-electron chi connectivity index (χ4n) is 3.82. The minimum absolute atomic E-state index is 0.00704. The van der Waals surface area contributed by atoms with Gasteiger partial charge in [-0.1, -0.05) is 24.3 Å². The molecule has 0 bridgehead atoms. The Bertz CT molecular complexity index is 681. The molecule has 0 saturated carbocycles. The first kappa shape index (κ1) is 18.4. The standard InChI is InChI=1S/C20H27N3O3/c1-15(24)22-11-13-23(14-12-22)20(26)10-9-19(25)21-18-8-4-6-16-5-2-3-7-17(16)18/h2-3,5,7,18H,4,6,8-14H2,1H3,(H,21,25)/t18-/m1/s1. The van der Waals surface area contributed by atoms with Gasteiger partial charge in [-0.2, -0.15) is 0 Å². The van der Waals surface area contributed by atoms with Crippen LogP contribution in [0.2, 0.25) is 0 Å². The van der Waals surface area contributed by atoms with E-state index in [-0.39, 0.29) is 36.6 Å². The third-order valence-electron chi connectivity index (χ3n) is 5.35. The zero-order valence-electron chi connectivity index (χ0n) is 15.4. The van der Waals surface area contributed by atoms with E-state index in [1.807, 2.05) is 12.1 Å². The van der Waals surface area contributed by atoms with Gasteiger partial charge in [0.25, 0.3) is 0 Å². The van der Waals surface area contributed by atoms with Gasteiger partial charge in [0.2, 0.25) is 17.7 Å². The largest absolute Gasteiger partial charge is 0.349 e. The second kappa shape index (κ2) is 8.34. The Kier molecular flexibility index (Phi) is 5.91. The van der Waals surface area contributed by atoms with Crippen LogP contribution in [0.15, 0.2) is 24.3 Å². The molecule has 3 amide bonds. The third kappa shape index (κ3) is 4.42. The topological polar surface area (TPSA) is 69.7 Å². The summed E-state index contributed by atoms with van der Waals surface area (Å²) in [4.78, 5) is 39.5. The van der Waals surface area contributed by atoms with Gasteiger partial charge in [-0.25, -0.2) is 0 Å². The average molecular weight is 357 g/mol. The van der Waals surface area contributed by atoms with Crippen LogP contribution in [0.5, 0.6) is 0 Å². The molecule has 140 valence electrons. The minimum Gasteiger partial charge on any atom is -0.349 e. The zero-order chi connectivity index (χ0) is 18.5. The Morgan fingerprint density at radius 2 is 1.73 bits per heavy atom. The summed E-state index contributed by atoms with van der Waals surface area (Å²) >= 11 is 0. The summed E-state index contributed by atoms with van der Waals surface area (Å²) in [6, 6.07) is 8.31. The Morgan fingerprint density at radius 3 is 2.46 bits per heavy atom. The van der Waals surface area contributed by atoms with E-state index in [0.29, 0.717) is 26.2 Å². The molecule has 2 aliphatic rings. The molecule has 1 aliphatic heterocycles. The van der Waals surface area contributed by atoms with Gasteiger partial charge in [0, 0.05) is 45.9 Å². The van der Waals surface area contributed by atoms with Gasteiger partial charge in [-0.15, -0.1) is 0 Å². The predicted molar refractivity (Wildman–Crippen MR) is 98.3 cm³/mol. The molecule has 0 spiro atoms. The highest BCUT2D eigenvalue weighted by Gasteiger charge is 2.24. The maximum Gasteiger partial charge on any atom is 0.223 e. The maximum atomic E-state index is 12.3. The number of piperazine rings is 1. The normalized spacial score (nSPS) is 19.7. The smallest absolute Gasteiger partial charge is 0.223 e. The predicted octanol–water partition coefficient (Wildman–Crippen LogP) is 1.65. The summed E-state index contributed by atoms with van der Waals surface area (Å²) in [5, 5.41) is 3.09. The number of hydrogen-bond donors (Lipinski definition) is 1. The number of carbonyl (C=O) groups excluding carboxylic acids is 3. The molecule has 1 saturated heterocycles. The van der Waals surface area contributed by atoms with Crippen LogP contribution < -0.4 is 5.32 Å². The SMILES string of the molecule is CC(=O)N1CCN(C(=O)CCC(=O)N[C@@H]2CCCc3ccccc32)CC1. The van der Waals surface area contributed by atoms with Crippen molar-refractivity contribution in [1.29, 1.82) is 0 Å². The van der Waals surface area contributed by atoms with Gasteiger partial charge in [0.1, 0.15) is 0 Å². The summed E-state index contributed by atoms with van der Waals surface area (Å²) in [5.41, 5.74) is 2.52. The van der Waals surface area contributed by atoms with E-state index >= 15 is 0 Å². The molecule has 1 atom stereocenters. The molecular weight excluding hydrogens is 330 g/mol. The van der Waals surface area contributed by atoms with E-state index in [1.54, 1.807) is 16.7 Å². The Labute approximate surface area is 154 Å². The highest BCUT2D eigenvalue weighted by Crippen LogP contribution is 2.29. The third-order valence-corrected chi connectivity index (χ3v) is 5.35. The lowest BCUT2D eigenvalue weighted by Crippen LogP contribution is -2.50. The maximum absolute atomic E-state index is 12.3. The highest BCUT2D eigenvalue weighted by atomic mass is 16.2. The molecule has 6 nitrogen and oxygen atoms in total. The minimum atomic E-state index is -0.0672. The van der Waals surface area contributed by atoms with Crippen molar-refractivity contribution in [3.8, 4) is 0 Å². The van der Waals surface area contributed by atoms with Crippen molar-refractivity contribution >= 4 is 17.7 Å². The molecule has 26 heavy (non-hydrogen) atoms. The van der Waals surface area contributed by atoms with E-state index in [2.05, 4.69) is 17.4 Å². The molecule has 1 aromatic carbocycles. The van der Waals surface area contributed by atoms with E-state index < -0.39 is 0 Å². The molecule has 0 radical (unpaired) electrons. The van der Waals surface area contributed by atoms with Gasteiger partial charge < -0.3 is 15.1 Å². The quantitative estimate of drug-likeness (QED) is 0.891. The molecule has 0 aromatic heterocycles. The molecule has 1 fully saturated rings. The summed E-state index contributed by atoms with van der Waals surface area (Å²) in [6.07, 6.45) is 3.52. The number of rotatable bonds is 4. The second-order valence-corrected chi connectivity index (χ2v) is 7.10. The molecule has 1 aliphatic carbocycles. The van der Waals surface area contributed by atoms with Crippen molar-refractivity contribution in [1.82, 2.24) is 15.1 Å². The molecule has 3 rings (SSSR count). The van der Waals surface area contributed by atoms with Crippen LogP contribution in [-0.4, -0.2) is 53.7 Å². The molecule has 1 heterocycles. The van der Waals surface area contributed by atoms with Crippen LogP contribution in [0.25, 0.3) is 0 Å². The van der Waals surface area contributed by atoms with E-state index in [0.717, 1.165) is 19.3 Å². The number of amides is 3. The molecule has 0 unspecified atom stereocenters. The molecule has 1 N–H and O–H groups in total. The van der Waals surface area contributed by atoms with Gasteiger partial charge in [-0.05, 0) is 30.4 Å². The number of nitrogens with zero attached hydrogens (tertiary/aromatic N) is 2. The second-order valence-electron chi connectivity index (χ2n) is 7.10. The van der Waals surface area contributed by atoms with Crippen LogP contribution in [0.1, 0.15) is 49.8 Å². The van der Waals surface area contributed by atoms with Crippen molar-refractivity contribution in [2.75, 3.05) is 26.2 Å². The first-order chi connectivity index (χ1) is 12.5. The van der Waals surface area contributed by atoms with Gasteiger partial charge >= 0.3 is 0 Å². The van der Waals surface area contributed by atoms with Gasteiger partial charge in [0.05, 0.1) is 6.04 Å². The highest BCUT2D eigenvalue weighted by molar-refractivity contribution is 5.84. The fourth-order valence-corrected chi connectivity index (χ4v) is 3.82. The number of carbonyl (C=O) groups is 3. The van der Waals surface area contributed by atoms with E-state index in [4.69, 9.17) is 0 Å². The summed E-state index contributed by atoms with van der Waals surface area (Å²) in [5.74, 6) is -0.0286. The first-order valence-corrected chi connectivity index (χ1v) is 9.45. The Morgan fingerprint density at radius 1 is 1.04 bits per heavy atom. The van der Waals surface area contributed by atoms with Crippen LogP contribution in [0.3, 0.4) is 0 Å². The van der Waals surface area contributed by atoms with Gasteiger partial charge in [0.15, 0.2) is 0 Å². The Balaban J connectivity index is 1.45. The number of aryl methyl sites for hydroxylation is 1. The monoisotopic (exact) mass is 357 g/mol. The van der Waals surface area contributed by atoms with Crippen molar-refractivity contribution in [2.24, 2.45) is 0 Å². The van der Waals surface area contributed by atoms with E-state index in [9.17, 15) is 14.4 Å². The van der Waals surface area contributed by atoms with Crippen LogP contribution >= 0.6 is 0 Å². The van der Waals surface area contributed by atoms with Crippen molar-refractivity contribution in [3.05, 3.63) is 35.4 Å². The van der Waals surface area contributed by atoms with Crippen LogP contribution in [0.4, 0.5) is 0 Å². The molecule has 6 heteroatoms. The van der Waals surface area contributed by atoms with E-state index in [1.165, 1.54) is 11.1 Å². The lowest BCUT2D eigenvalue weighted by Gasteiger charge is -2.34. The first-order valence-electron chi connectivity index (χ1n) is 9.45. The number of fused-ring (bicyclic) bond motifs is 1. The van der Waals surface area contributed by atoms with Crippen molar-refractivity contribution in [3.63, 3.8) is 0 Å². The molecular formula is C20H27N3O3. The number of benzene rings is 1. The zero-order valence-corrected chi connectivity index (χ0v) is 15.4. The van der Waals surface area contributed by atoms with Crippen LogP contribution in [-0.2, 0) is 20.8 Å². The number of nitrogens with one attached hydrogen (secondary N) is 1. The fraction of sp³-hybridized carbons (Fsp3) is 0.550. The lowest BCUT2D eigenvalue weighted by molar-refractivity contribution is -0.139. The van der Waals surface area contributed by atoms with Crippen molar-refractivity contribution in [2.45, 2.75) is 45.1 Å². The summed E-state index contributed by atoms with van der Waals surface area (Å²) in [6.45, 7) is 3.80. The lowest BCUT2D eigenvalue weighted by atomic mass is 9.87. The van der Waals surface area contributed by atoms with Crippen molar-refractivity contribution < 1.29 is 14.4 Å². The Hall–Kier alpha value is -2.37. The van der Waals surface area contributed by atoms with Crippen LogP contribution in [0, 0.1) is 0 Å². The summed E-state index contributed by atoms with van der Waals surface area (Å²) < 4.78 is 0. The number of hydrogen-bond acceptors (Lipinski definition) is 3. The molecule has 1 aromatic rings. The average Bonchev–Trinajstić information content (AvgIpc) is 2.66.